The standard InChI is InChI=1S/C11H13N2O/c14-10-12-6-8-13(9-7-12)11-4-2-1-3-5-11/h1-4,10H,6-9H2. The summed E-state index contributed by atoms with van der Waals surface area (Å²) in [6, 6.07) is 11.1. The molecule has 3 heteroatoms. The van der Waals surface area contributed by atoms with Gasteiger partial charge in [-0.3, -0.25) is 4.79 Å². The van der Waals surface area contributed by atoms with Crippen molar-refractivity contribution in [3.63, 3.8) is 0 Å². The molecule has 14 heavy (non-hydrogen) atoms. The molecular weight excluding hydrogens is 176 g/mol. The highest BCUT2D eigenvalue weighted by molar-refractivity contribution is 5.50. The van der Waals surface area contributed by atoms with Crippen LogP contribution >= 0.6 is 0 Å². The van der Waals surface area contributed by atoms with E-state index in [0.717, 1.165) is 38.3 Å². The van der Waals surface area contributed by atoms with Crippen molar-refractivity contribution < 1.29 is 4.79 Å². The summed E-state index contributed by atoms with van der Waals surface area (Å²) in [5.41, 5.74) is 1.12. The summed E-state index contributed by atoms with van der Waals surface area (Å²) in [6.07, 6.45) is 0.923. The third-order valence-electron chi connectivity index (χ3n) is 2.50. The number of anilines is 1. The molecule has 1 aromatic carbocycles. The van der Waals surface area contributed by atoms with Crippen LogP contribution < -0.4 is 4.90 Å². The number of nitrogens with zero attached hydrogens (tertiary/aromatic N) is 2. The van der Waals surface area contributed by atoms with Crippen LogP contribution in [0.2, 0.25) is 0 Å². The predicted molar refractivity (Wildman–Crippen MR) is 55.1 cm³/mol. The molecule has 0 unspecified atom stereocenters. The Balaban J connectivity index is 1.99. The number of para-hydroxylation sites is 1. The SMILES string of the molecule is O=CN1CCN(c2[c]cccc2)CC1. The normalized spacial score (nSPS) is 16.9. The number of carbonyl (C=O) groups is 1. The van der Waals surface area contributed by atoms with E-state index in [2.05, 4.69) is 17.0 Å². The lowest BCUT2D eigenvalue weighted by molar-refractivity contribution is -0.118. The zero-order valence-corrected chi connectivity index (χ0v) is 8.02. The van der Waals surface area contributed by atoms with Crippen LogP contribution in [0.15, 0.2) is 24.3 Å². The molecule has 0 atom stereocenters. The molecule has 1 saturated heterocycles. The van der Waals surface area contributed by atoms with Gasteiger partial charge in [0.1, 0.15) is 0 Å². The molecule has 0 saturated carbocycles. The Kier molecular flexibility index (Phi) is 2.68. The molecule has 0 aromatic heterocycles. The van der Waals surface area contributed by atoms with Gasteiger partial charge in [0.05, 0.1) is 0 Å². The van der Waals surface area contributed by atoms with Crippen LogP contribution in [0.5, 0.6) is 0 Å². The molecule has 0 N–H and O–H groups in total. The van der Waals surface area contributed by atoms with Gasteiger partial charge in [0.25, 0.3) is 0 Å². The average molecular weight is 189 g/mol. The van der Waals surface area contributed by atoms with Gasteiger partial charge in [0, 0.05) is 37.9 Å². The molecule has 2 rings (SSSR count). The maximum absolute atomic E-state index is 10.5. The number of benzene rings is 1. The van der Waals surface area contributed by atoms with E-state index in [0.29, 0.717) is 0 Å². The monoisotopic (exact) mass is 189 g/mol. The van der Waals surface area contributed by atoms with Crippen molar-refractivity contribution in [1.29, 1.82) is 0 Å². The van der Waals surface area contributed by atoms with E-state index in [4.69, 9.17) is 0 Å². The fraction of sp³-hybridized carbons (Fsp3) is 0.364. The lowest BCUT2D eigenvalue weighted by Crippen LogP contribution is -2.45. The highest BCUT2D eigenvalue weighted by atomic mass is 16.1. The average Bonchev–Trinajstić information content (AvgIpc) is 2.30. The van der Waals surface area contributed by atoms with E-state index >= 15 is 0 Å². The van der Waals surface area contributed by atoms with E-state index in [1.54, 1.807) is 4.90 Å². The number of hydrogen-bond acceptors (Lipinski definition) is 2. The molecule has 1 aliphatic heterocycles. The van der Waals surface area contributed by atoms with Crippen LogP contribution in [-0.2, 0) is 4.79 Å². The lowest BCUT2D eigenvalue weighted by Gasteiger charge is -2.33. The maximum atomic E-state index is 10.5. The van der Waals surface area contributed by atoms with Gasteiger partial charge in [-0.2, -0.15) is 0 Å². The molecule has 1 fully saturated rings. The van der Waals surface area contributed by atoms with Crippen molar-refractivity contribution in [2.24, 2.45) is 0 Å². The molecule has 1 radical (unpaired) electrons. The fourth-order valence-electron chi connectivity index (χ4n) is 1.65. The molecule has 73 valence electrons. The molecule has 1 amide bonds. The van der Waals surface area contributed by atoms with E-state index < -0.39 is 0 Å². The third-order valence-corrected chi connectivity index (χ3v) is 2.50. The Morgan fingerprint density at radius 3 is 2.57 bits per heavy atom. The quantitative estimate of drug-likeness (QED) is 0.641. The molecule has 1 heterocycles. The zero-order chi connectivity index (χ0) is 9.80. The Bertz CT molecular complexity index is 291. The smallest absolute Gasteiger partial charge is 0.209 e. The molecular formula is C11H13N2O. The summed E-state index contributed by atoms with van der Waals surface area (Å²) < 4.78 is 0. The van der Waals surface area contributed by atoms with E-state index in [9.17, 15) is 4.79 Å². The largest absolute Gasteiger partial charge is 0.367 e. The van der Waals surface area contributed by atoms with Gasteiger partial charge in [0.2, 0.25) is 6.41 Å². The van der Waals surface area contributed by atoms with E-state index in [1.807, 2.05) is 18.2 Å². The summed E-state index contributed by atoms with van der Waals surface area (Å²) >= 11 is 0. The number of piperazine rings is 1. The number of rotatable bonds is 2. The van der Waals surface area contributed by atoms with Gasteiger partial charge in [0.15, 0.2) is 0 Å². The molecule has 0 aliphatic carbocycles. The molecule has 3 nitrogen and oxygen atoms in total. The lowest BCUT2D eigenvalue weighted by atomic mass is 10.2. The minimum absolute atomic E-state index is 0.812. The van der Waals surface area contributed by atoms with Crippen molar-refractivity contribution in [2.45, 2.75) is 0 Å². The maximum Gasteiger partial charge on any atom is 0.209 e. The van der Waals surface area contributed by atoms with Gasteiger partial charge in [-0.05, 0) is 6.07 Å². The first-order valence-electron chi connectivity index (χ1n) is 4.81. The molecule has 0 bridgehead atoms. The Morgan fingerprint density at radius 2 is 2.00 bits per heavy atom. The molecule has 0 spiro atoms. The van der Waals surface area contributed by atoms with Crippen LogP contribution in [0, 0.1) is 6.07 Å². The first-order valence-corrected chi connectivity index (χ1v) is 4.81. The topological polar surface area (TPSA) is 23.6 Å². The Hall–Kier alpha value is -1.51. The number of amides is 1. The van der Waals surface area contributed by atoms with Gasteiger partial charge in [-0.25, -0.2) is 0 Å². The minimum atomic E-state index is 0.812. The number of hydrogen-bond donors (Lipinski definition) is 0. The van der Waals surface area contributed by atoms with Gasteiger partial charge >= 0.3 is 0 Å². The summed E-state index contributed by atoms with van der Waals surface area (Å²) in [5.74, 6) is 0. The van der Waals surface area contributed by atoms with Crippen molar-refractivity contribution in [1.82, 2.24) is 4.90 Å². The van der Waals surface area contributed by atoms with Crippen molar-refractivity contribution in [3.05, 3.63) is 30.3 Å². The van der Waals surface area contributed by atoms with Crippen LogP contribution in [0.4, 0.5) is 5.69 Å². The van der Waals surface area contributed by atoms with Gasteiger partial charge < -0.3 is 9.80 Å². The summed E-state index contributed by atoms with van der Waals surface area (Å²) in [7, 11) is 0. The molecule has 1 aromatic rings. The van der Waals surface area contributed by atoms with Crippen molar-refractivity contribution >= 4 is 12.1 Å². The fourth-order valence-corrected chi connectivity index (χ4v) is 1.65. The van der Waals surface area contributed by atoms with E-state index in [1.165, 1.54) is 0 Å². The summed E-state index contributed by atoms with van der Waals surface area (Å²) in [4.78, 5) is 14.6. The van der Waals surface area contributed by atoms with Crippen LogP contribution in [0.3, 0.4) is 0 Å². The van der Waals surface area contributed by atoms with Gasteiger partial charge in [-0.15, -0.1) is 0 Å². The zero-order valence-electron chi connectivity index (χ0n) is 8.02. The Morgan fingerprint density at radius 1 is 1.21 bits per heavy atom. The van der Waals surface area contributed by atoms with Crippen molar-refractivity contribution in [2.75, 3.05) is 31.1 Å². The number of carbonyl (C=O) groups excluding carboxylic acids is 1. The summed E-state index contributed by atoms with van der Waals surface area (Å²) in [5, 5.41) is 0. The first kappa shape index (κ1) is 9.06. The minimum Gasteiger partial charge on any atom is -0.367 e. The third kappa shape index (κ3) is 1.87. The van der Waals surface area contributed by atoms with E-state index in [-0.39, 0.29) is 0 Å². The van der Waals surface area contributed by atoms with Crippen molar-refractivity contribution in [3.8, 4) is 0 Å². The second-order valence-corrected chi connectivity index (χ2v) is 3.38. The first-order chi connectivity index (χ1) is 6.90. The highest BCUT2D eigenvalue weighted by Crippen LogP contribution is 2.13. The highest BCUT2D eigenvalue weighted by Gasteiger charge is 2.14. The molecule has 1 aliphatic rings. The summed E-state index contributed by atoms with van der Waals surface area (Å²) in [6.45, 7) is 3.43. The van der Waals surface area contributed by atoms with Crippen LogP contribution in [0.1, 0.15) is 0 Å². The Labute approximate surface area is 83.9 Å². The van der Waals surface area contributed by atoms with Crippen LogP contribution in [-0.4, -0.2) is 37.5 Å². The second-order valence-electron chi connectivity index (χ2n) is 3.38. The predicted octanol–water partition coefficient (Wildman–Crippen LogP) is 0.765. The van der Waals surface area contributed by atoms with Gasteiger partial charge in [-0.1, -0.05) is 18.2 Å². The van der Waals surface area contributed by atoms with Crippen LogP contribution in [0.25, 0.3) is 0 Å². The second kappa shape index (κ2) is 4.13.